The van der Waals surface area contributed by atoms with E-state index in [4.69, 9.17) is 14.6 Å². The third-order valence-electron chi connectivity index (χ3n) is 6.86. The zero-order chi connectivity index (χ0) is 24.0. The molecule has 2 saturated heterocycles. The van der Waals surface area contributed by atoms with Gasteiger partial charge in [0.15, 0.2) is 0 Å². The number of hydrogen-bond acceptors (Lipinski definition) is 7. The summed E-state index contributed by atoms with van der Waals surface area (Å²) in [5, 5.41) is 8.77. The molecule has 1 atom stereocenters. The second-order valence-corrected chi connectivity index (χ2v) is 11.7. The molecule has 0 radical (unpaired) electrons. The number of ether oxygens (including phenoxy) is 2. The molecule has 8 nitrogen and oxygen atoms in total. The Morgan fingerprint density at radius 3 is 2.73 bits per heavy atom. The van der Waals surface area contributed by atoms with E-state index < -0.39 is 21.8 Å². The van der Waals surface area contributed by atoms with E-state index in [1.807, 2.05) is 0 Å². The van der Waals surface area contributed by atoms with Crippen LogP contribution in [0.2, 0.25) is 0 Å². The quantitative estimate of drug-likeness (QED) is 0.329. The predicted octanol–water partition coefficient (Wildman–Crippen LogP) is 3.61. The lowest BCUT2D eigenvalue weighted by Gasteiger charge is -2.47. The van der Waals surface area contributed by atoms with Crippen molar-refractivity contribution < 1.29 is 32.2 Å². The summed E-state index contributed by atoms with van der Waals surface area (Å²) in [4.78, 5) is 13.7. The molecule has 11 heteroatoms. The van der Waals surface area contributed by atoms with Crippen LogP contribution >= 0.6 is 11.8 Å². The number of hydrogen-bond donors (Lipinski definition) is 1. The molecule has 0 unspecified atom stereocenters. The molecule has 0 amide bonds. The van der Waals surface area contributed by atoms with Gasteiger partial charge in [-0.15, -0.1) is 11.8 Å². The van der Waals surface area contributed by atoms with Gasteiger partial charge in [-0.25, -0.2) is 13.2 Å². The molecule has 5 rings (SSSR count). The van der Waals surface area contributed by atoms with Crippen LogP contribution in [0.1, 0.15) is 39.0 Å². The van der Waals surface area contributed by atoms with Gasteiger partial charge in [0.2, 0.25) is 15.9 Å². The number of thioether (sulfide) groups is 1. The number of likely N-dealkylation sites (N-methyl/N-ethyl adjacent to an activating group) is 1. The highest BCUT2D eigenvalue weighted by Crippen LogP contribution is 2.52. The van der Waals surface area contributed by atoms with E-state index in [1.165, 1.54) is 22.1 Å². The molecule has 1 saturated carbocycles. The third-order valence-corrected chi connectivity index (χ3v) is 9.56. The van der Waals surface area contributed by atoms with Gasteiger partial charge in [-0.1, -0.05) is 19.8 Å². The number of nitrogens with zero attached hydrogens (tertiary/aromatic N) is 2. The number of sulfonamides is 1. The van der Waals surface area contributed by atoms with Crippen molar-refractivity contribution in [3.63, 3.8) is 0 Å². The van der Waals surface area contributed by atoms with E-state index in [2.05, 4.69) is 11.8 Å². The Morgan fingerprint density at radius 1 is 1.42 bits per heavy atom. The van der Waals surface area contributed by atoms with Crippen molar-refractivity contribution in [1.29, 1.82) is 0 Å². The van der Waals surface area contributed by atoms with E-state index in [1.54, 1.807) is 19.4 Å². The normalized spacial score (nSPS) is 28.7. The van der Waals surface area contributed by atoms with Crippen LogP contribution in [0.15, 0.2) is 34.0 Å². The Morgan fingerprint density at radius 2 is 2.15 bits per heavy atom. The van der Waals surface area contributed by atoms with Crippen LogP contribution in [-0.4, -0.2) is 67.9 Å². The molecule has 3 heterocycles. The van der Waals surface area contributed by atoms with E-state index in [0.29, 0.717) is 30.0 Å². The lowest BCUT2D eigenvalue weighted by molar-refractivity contribution is -0.134. The minimum Gasteiger partial charge on any atom is -0.476 e. The smallest absolute Gasteiger partial charge is 0.368 e. The molecule has 1 aromatic carbocycles. The molecule has 0 spiro atoms. The van der Waals surface area contributed by atoms with Crippen molar-refractivity contribution in [2.75, 3.05) is 31.4 Å². The molecule has 182 valence electrons. The zero-order valence-corrected chi connectivity index (χ0v) is 20.5. The summed E-state index contributed by atoms with van der Waals surface area (Å²) in [5.41, 5.74) is 0.349. The van der Waals surface area contributed by atoms with Gasteiger partial charge in [-0.3, -0.25) is 0 Å². The number of carbonyl (C=O) groups is 1. The predicted molar refractivity (Wildman–Crippen MR) is 123 cm³/mol. The summed E-state index contributed by atoms with van der Waals surface area (Å²) >= 11 is 1.32. The molecule has 4 aliphatic rings. The average molecular weight is 501 g/mol. The molecular weight excluding hydrogens is 471 g/mol. The van der Waals surface area contributed by atoms with E-state index in [9.17, 15) is 17.6 Å². The van der Waals surface area contributed by atoms with Gasteiger partial charge in [0.25, 0.3) is 0 Å². The largest absolute Gasteiger partial charge is 0.476 e. The van der Waals surface area contributed by atoms with Crippen LogP contribution < -0.4 is 9.64 Å². The van der Waals surface area contributed by atoms with Gasteiger partial charge in [0.05, 0.1) is 28.8 Å². The van der Waals surface area contributed by atoms with Crippen LogP contribution in [0.4, 0.5) is 10.1 Å². The van der Waals surface area contributed by atoms with Crippen molar-refractivity contribution in [2.45, 2.75) is 66.5 Å². The molecule has 0 aromatic heterocycles. The second kappa shape index (κ2) is 9.09. The molecule has 1 N–H and O–H groups in total. The van der Waals surface area contributed by atoms with E-state index >= 15 is 0 Å². The average Bonchev–Trinajstić information content (AvgIpc) is 3.36. The lowest BCUT2D eigenvalue weighted by Crippen LogP contribution is -2.58. The van der Waals surface area contributed by atoms with Gasteiger partial charge >= 0.3 is 5.97 Å². The molecule has 2 bridgehead atoms. The summed E-state index contributed by atoms with van der Waals surface area (Å²) in [7, 11) is -2.28. The van der Waals surface area contributed by atoms with Crippen molar-refractivity contribution in [3.8, 4) is 5.75 Å². The first kappa shape index (κ1) is 24.3. The number of unbranched alkanes of at least 4 members (excludes halogenated alkanes) is 1. The maximum Gasteiger partial charge on any atom is 0.368 e. The van der Waals surface area contributed by atoms with Gasteiger partial charge in [0.1, 0.15) is 16.9 Å². The Labute approximate surface area is 197 Å². The van der Waals surface area contributed by atoms with Crippen molar-refractivity contribution >= 4 is 33.4 Å². The maximum absolute atomic E-state index is 13.7. The topological polar surface area (TPSA) is 96.4 Å². The first-order valence-electron chi connectivity index (χ1n) is 11.0. The molecule has 1 aliphatic carbocycles. The number of rotatable bonds is 8. The maximum atomic E-state index is 13.7. The summed E-state index contributed by atoms with van der Waals surface area (Å²) in [6.45, 7) is 3.19. The third kappa shape index (κ3) is 4.24. The Kier molecular flexibility index (Phi) is 6.69. The number of benzene rings is 1. The minimum absolute atomic E-state index is 0.0747. The fraction of sp³-hybridized carbons (Fsp3) is 0.591. The van der Waals surface area contributed by atoms with Crippen LogP contribution in [0.25, 0.3) is 0 Å². The van der Waals surface area contributed by atoms with Crippen LogP contribution in [0.3, 0.4) is 0 Å². The first-order valence-corrected chi connectivity index (χ1v) is 13.6. The second-order valence-electron chi connectivity index (χ2n) is 8.85. The molecule has 3 aliphatic heterocycles. The van der Waals surface area contributed by atoms with Crippen LogP contribution in [0.5, 0.6) is 5.75 Å². The number of carboxylic acids is 1. The lowest BCUT2D eigenvalue weighted by atomic mass is 9.76. The van der Waals surface area contributed by atoms with Gasteiger partial charge in [-0.05, 0) is 31.6 Å². The molecular formula is C22H29FN2O6S2. The number of halogens is 1. The van der Waals surface area contributed by atoms with Gasteiger partial charge < -0.3 is 19.5 Å². The molecule has 1 aromatic rings. The minimum atomic E-state index is -3.88. The Bertz CT molecular complexity index is 1070. The number of carboxylic acid groups (broad SMARTS) is 1. The van der Waals surface area contributed by atoms with Crippen molar-refractivity contribution in [2.24, 2.45) is 0 Å². The Balaban J connectivity index is 1.84. The highest BCUT2D eigenvalue weighted by Gasteiger charge is 2.57. The summed E-state index contributed by atoms with van der Waals surface area (Å²) in [6, 6.07) is 2.94. The molecule has 3 fully saturated rings. The fourth-order valence-corrected chi connectivity index (χ4v) is 7.00. The zero-order valence-electron chi connectivity index (χ0n) is 18.9. The first-order chi connectivity index (χ1) is 15.6. The highest BCUT2D eigenvalue weighted by molar-refractivity contribution is 7.98. The van der Waals surface area contributed by atoms with Crippen molar-refractivity contribution in [1.82, 2.24) is 4.31 Å². The monoisotopic (exact) mass is 500 g/mol. The molecule has 33 heavy (non-hydrogen) atoms. The van der Waals surface area contributed by atoms with Gasteiger partial charge in [0, 0.05) is 25.7 Å². The van der Waals surface area contributed by atoms with E-state index in [0.717, 1.165) is 32.1 Å². The van der Waals surface area contributed by atoms with Gasteiger partial charge in [-0.2, -0.15) is 8.70 Å². The number of anilines is 1. The summed E-state index contributed by atoms with van der Waals surface area (Å²) < 4.78 is 53.5. The standard InChI is InChI=1S/C22H29FN2O6S2/c1-4-5-6-14-11-25(22-9-15(10-22)31-13-22)17-7-19(32-3)18(30-12-16(23)21(26)27)8-20(17)33(28,29)24(14)2/h7-8,12,14-15H,4-6,9-11,13H2,1-3H3,(H,26,27)/b16-12-/t14-,15?,22?/m1/s1. The van der Waals surface area contributed by atoms with E-state index in [-0.39, 0.29) is 28.3 Å². The van der Waals surface area contributed by atoms with Crippen LogP contribution in [-0.2, 0) is 19.6 Å². The van der Waals surface area contributed by atoms with Crippen molar-refractivity contribution in [3.05, 3.63) is 24.2 Å². The van der Waals surface area contributed by atoms with Crippen LogP contribution in [0, 0.1) is 0 Å². The highest BCUT2D eigenvalue weighted by atomic mass is 32.2. The Hall–Kier alpha value is -1.82. The summed E-state index contributed by atoms with van der Waals surface area (Å²) in [5.74, 6) is -3.14. The number of fused-ring (bicyclic) bond motifs is 2. The summed E-state index contributed by atoms with van der Waals surface area (Å²) in [6.07, 6.45) is 6.82. The fourth-order valence-electron chi connectivity index (χ4n) is 4.90. The SMILES string of the molecule is CCCC[C@@H]1CN(C23COC(C2)C3)c2cc(SC)c(O/C=C(\F)C(=O)O)cc2S(=O)(=O)N1C. The number of aliphatic carboxylic acids is 1.